The van der Waals surface area contributed by atoms with Crippen molar-refractivity contribution in [1.29, 1.82) is 0 Å². The van der Waals surface area contributed by atoms with E-state index in [0.29, 0.717) is 16.3 Å². The van der Waals surface area contributed by atoms with Crippen LogP contribution in [0.3, 0.4) is 0 Å². The molecule has 1 heterocycles. The first kappa shape index (κ1) is 14.2. The van der Waals surface area contributed by atoms with Gasteiger partial charge in [-0.2, -0.15) is 0 Å². The Bertz CT molecular complexity index is 841. The minimum atomic E-state index is -0.299. The Morgan fingerprint density at radius 3 is 2.76 bits per heavy atom. The molecule has 3 nitrogen and oxygen atoms in total. The van der Waals surface area contributed by atoms with E-state index >= 15 is 0 Å². The summed E-state index contributed by atoms with van der Waals surface area (Å²) in [5, 5.41) is 4.23. The van der Waals surface area contributed by atoms with Gasteiger partial charge in [0, 0.05) is 14.9 Å². The van der Waals surface area contributed by atoms with Crippen molar-refractivity contribution in [2.45, 2.75) is 6.92 Å². The van der Waals surface area contributed by atoms with Crippen LogP contribution in [0.25, 0.3) is 11.0 Å². The third-order valence-electron chi connectivity index (χ3n) is 3.07. The van der Waals surface area contributed by atoms with E-state index in [1.54, 1.807) is 24.3 Å². The number of hydrogen-bond donors (Lipinski definition) is 1. The molecule has 106 valence electrons. The number of rotatable bonds is 2. The van der Waals surface area contributed by atoms with E-state index in [-0.39, 0.29) is 11.7 Å². The molecule has 3 rings (SSSR count). The molecule has 1 amide bonds. The monoisotopic (exact) mass is 363 g/mol. The van der Waals surface area contributed by atoms with Crippen molar-refractivity contribution in [2.75, 3.05) is 5.32 Å². The number of furan rings is 1. The van der Waals surface area contributed by atoms with E-state index in [1.807, 2.05) is 25.1 Å². The number of fused-ring (bicyclic) bond motifs is 1. The van der Waals surface area contributed by atoms with Gasteiger partial charge in [0.15, 0.2) is 5.76 Å². The molecule has 0 saturated carbocycles. The molecule has 2 aromatic carbocycles. The van der Waals surface area contributed by atoms with E-state index in [0.717, 1.165) is 15.4 Å². The molecule has 0 fully saturated rings. The zero-order valence-corrected chi connectivity index (χ0v) is 13.5. The average molecular weight is 365 g/mol. The Balaban J connectivity index is 1.89. The molecule has 0 spiro atoms. The fourth-order valence-corrected chi connectivity index (χ4v) is 2.80. The molecule has 0 radical (unpaired) electrons. The minimum absolute atomic E-state index is 0.250. The summed E-state index contributed by atoms with van der Waals surface area (Å²) in [7, 11) is 0. The first-order chi connectivity index (χ1) is 10.0. The normalized spacial score (nSPS) is 10.8. The smallest absolute Gasteiger partial charge is 0.291 e. The van der Waals surface area contributed by atoms with Gasteiger partial charge in [-0.15, -0.1) is 0 Å². The fraction of sp³-hybridized carbons (Fsp3) is 0.0625. The van der Waals surface area contributed by atoms with E-state index in [9.17, 15) is 4.79 Å². The molecule has 0 atom stereocenters. The Labute approximate surface area is 135 Å². The molecule has 21 heavy (non-hydrogen) atoms. The lowest BCUT2D eigenvalue weighted by Crippen LogP contribution is -2.11. The second kappa shape index (κ2) is 5.54. The number of amides is 1. The highest BCUT2D eigenvalue weighted by atomic mass is 79.9. The lowest BCUT2D eigenvalue weighted by molar-refractivity contribution is 0.0998. The van der Waals surface area contributed by atoms with Gasteiger partial charge >= 0.3 is 0 Å². The van der Waals surface area contributed by atoms with Crippen molar-refractivity contribution < 1.29 is 9.21 Å². The van der Waals surface area contributed by atoms with Crippen LogP contribution in [0.15, 0.2) is 51.4 Å². The van der Waals surface area contributed by atoms with Gasteiger partial charge in [-0.3, -0.25) is 4.79 Å². The van der Waals surface area contributed by atoms with Crippen molar-refractivity contribution in [1.82, 2.24) is 0 Å². The predicted molar refractivity (Wildman–Crippen MR) is 88.1 cm³/mol. The van der Waals surface area contributed by atoms with Gasteiger partial charge in [0.2, 0.25) is 0 Å². The molecular formula is C16H11BrClNO2. The number of aryl methyl sites for hydroxylation is 1. The topological polar surface area (TPSA) is 42.2 Å². The van der Waals surface area contributed by atoms with Crippen LogP contribution < -0.4 is 5.32 Å². The van der Waals surface area contributed by atoms with Crippen molar-refractivity contribution >= 4 is 50.1 Å². The maximum atomic E-state index is 12.2. The standard InChI is InChI=1S/C16H11BrClNO2/c1-9-2-4-13(12(17)6-9)19-16(20)15-8-10-7-11(18)3-5-14(10)21-15/h2-8H,1H3,(H,19,20). The van der Waals surface area contributed by atoms with Gasteiger partial charge in [0.05, 0.1) is 5.69 Å². The molecule has 1 aromatic heterocycles. The summed E-state index contributed by atoms with van der Waals surface area (Å²) < 4.78 is 6.36. The number of nitrogens with one attached hydrogen (secondary N) is 1. The lowest BCUT2D eigenvalue weighted by atomic mass is 10.2. The first-order valence-corrected chi connectivity index (χ1v) is 7.46. The largest absolute Gasteiger partial charge is 0.451 e. The summed E-state index contributed by atoms with van der Waals surface area (Å²) in [5.41, 5.74) is 2.44. The maximum Gasteiger partial charge on any atom is 0.291 e. The van der Waals surface area contributed by atoms with Crippen LogP contribution in [0.5, 0.6) is 0 Å². The van der Waals surface area contributed by atoms with Gasteiger partial charge in [-0.25, -0.2) is 0 Å². The molecule has 1 N–H and O–H groups in total. The SMILES string of the molecule is Cc1ccc(NC(=O)c2cc3cc(Cl)ccc3o2)c(Br)c1. The third-order valence-corrected chi connectivity index (χ3v) is 3.97. The molecule has 0 aliphatic carbocycles. The molecule has 0 aliphatic rings. The van der Waals surface area contributed by atoms with Crippen molar-refractivity contribution in [3.8, 4) is 0 Å². The van der Waals surface area contributed by atoms with Crippen molar-refractivity contribution in [2.24, 2.45) is 0 Å². The minimum Gasteiger partial charge on any atom is -0.451 e. The summed E-state index contributed by atoms with van der Waals surface area (Å²) in [6.07, 6.45) is 0. The van der Waals surface area contributed by atoms with Gasteiger partial charge in [-0.05, 0) is 64.8 Å². The van der Waals surface area contributed by atoms with E-state index < -0.39 is 0 Å². The number of hydrogen-bond acceptors (Lipinski definition) is 2. The summed E-state index contributed by atoms with van der Waals surface area (Å²) in [4.78, 5) is 12.2. The highest BCUT2D eigenvalue weighted by Gasteiger charge is 2.14. The van der Waals surface area contributed by atoms with Crippen LogP contribution in [-0.4, -0.2) is 5.91 Å². The molecule has 3 aromatic rings. The lowest BCUT2D eigenvalue weighted by Gasteiger charge is -2.06. The number of carbonyl (C=O) groups excluding carboxylic acids is 1. The molecule has 0 bridgehead atoms. The summed E-state index contributed by atoms with van der Waals surface area (Å²) in [5.74, 6) is -0.0494. The molecular weight excluding hydrogens is 354 g/mol. The summed E-state index contributed by atoms with van der Waals surface area (Å²) in [6.45, 7) is 1.99. The van der Waals surface area contributed by atoms with Gasteiger partial charge in [0.25, 0.3) is 5.91 Å². The van der Waals surface area contributed by atoms with Gasteiger partial charge in [0.1, 0.15) is 5.58 Å². The zero-order chi connectivity index (χ0) is 15.0. The van der Waals surface area contributed by atoms with E-state index in [4.69, 9.17) is 16.0 Å². The van der Waals surface area contributed by atoms with E-state index in [1.165, 1.54) is 0 Å². The number of benzene rings is 2. The van der Waals surface area contributed by atoms with Crippen LogP contribution >= 0.6 is 27.5 Å². The van der Waals surface area contributed by atoms with Crippen LogP contribution in [-0.2, 0) is 0 Å². The Morgan fingerprint density at radius 2 is 2.00 bits per heavy atom. The highest BCUT2D eigenvalue weighted by Crippen LogP contribution is 2.26. The Hall–Kier alpha value is -1.78. The zero-order valence-electron chi connectivity index (χ0n) is 11.1. The van der Waals surface area contributed by atoms with Crippen molar-refractivity contribution in [3.63, 3.8) is 0 Å². The average Bonchev–Trinajstić information content (AvgIpc) is 2.85. The quantitative estimate of drug-likeness (QED) is 0.660. The van der Waals surface area contributed by atoms with Crippen LogP contribution in [0, 0.1) is 6.92 Å². The molecule has 0 saturated heterocycles. The van der Waals surface area contributed by atoms with Crippen LogP contribution in [0.2, 0.25) is 5.02 Å². The second-order valence-corrected chi connectivity index (χ2v) is 6.02. The number of carbonyl (C=O) groups is 1. The molecule has 5 heteroatoms. The Morgan fingerprint density at radius 1 is 1.19 bits per heavy atom. The third kappa shape index (κ3) is 2.96. The summed E-state index contributed by atoms with van der Waals surface area (Å²) >= 11 is 9.35. The van der Waals surface area contributed by atoms with Crippen molar-refractivity contribution in [3.05, 3.63) is 63.3 Å². The number of anilines is 1. The highest BCUT2D eigenvalue weighted by molar-refractivity contribution is 9.10. The maximum absolute atomic E-state index is 12.2. The van der Waals surface area contributed by atoms with Crippen LogP contribution in [0.1, 0.15) is 16.1 Å². The first-order valence-electron chi connectivity index (χ1n) is 6.29. The fourth-order valence-electron chi connectivity index (χ4n) is 2.03. The summed E-state index contributed by atoms with van der Waals surface area (Å²) in [6, 6.07) is 12.6. The Kier molecular flexibility index (Phi) is 3.74. The molecule has 0 unspecified atom stereocenters. The second-order valence-electron chi connectivity index (χ2n) is 4.73. The van der Waals surface area contributed by atoms with Gasteiger partial charge < -0.3 is 9.73 Å². The van der Waals surface area contributed by atoms with Crippen LogP contribution in [0.4, 0.5) is 5.69 Å². The molecule has 0 aliphatic heterocycles. The van der Waals surface area contributed by atoms with E-state index in [2.05, 4.69) is 21.2 Å². The number of halogens is 2. The van der Waals surface area contributed by atoms with Gasteiger partial charge in [-0.1, -0.05) is 17.7 Å². The predicted octanol–water partition coefficient (Wildman–Crippen LogP) is 5.41.